The van der Waals surface area contributed by atoms with Crippen molar-refractivity contribution < 1.29 is 28.5 Å². The van der Waals surface area contributed by atoms with E-state index in [1.54, 1.807) is 42.2 Å². The van der Waals surface area contributed by atoms with Gasteiger partial charge in [0.05, 0.1) is 26.0 Å². The molecule has 1 saturated heterocycles. The smallest absolute Gasteiger partial charge is 0.278 e. The third-order valence-electron chi connectivity index (χ3n) is 4.96. The van der Waals surface area contributed by atoms with E-state index >= 15 is 0 Å². The summed E-state index contributed by atoms with van der Waals surface area (Å²) in [5.41, 5.74) is 4.58. The first-order valence-electron chi connectivity index (χ1n) is 10.9. The summed E-state index contributed by atoms with van der Waals surface area (Å²) in [5, 5.41) is 13.3. The van der Waals surface area contributed by atoms with Crippen LogP contribution in [0.15, 0.2) is 35.4 Å². The van der Waals surface area contributed by atoms with Crippen LogP contribution in [-0.4, -0.2) is 74.5 Å². The lowest BCUT2D eigenvalue weighted by Crippen LogP contribution is -2.42. The van der Waals surface area contributed by atoms with Gasteiger partial charge in [0, 0.05) is 31.5 Å². The van der Waals surface area contributed by atoms with Crippen LogP contribution in [0.4, 0.5) is 0 Å². The van der Waals surface area contributed by atoms with Crippen molar-refractivity contribution in [2.24, 2.45) is 5.10 Å². The Bertz CT molecular complexity index is 1090. The van der Waals surface area contributed by atoms with E-state index < -0.39 is 5.91 Å². The number of hydrazone groups is 1. The van der Waals surface area contributed by atoms with Gasteiger partial charge in [0.1, 0.15) is 17.4 Å². The number of hydrogen-bond donors (Lipinski definition) is 1. The van der Waals surface area contributed by atoms with Gasteiger partial charge < -0.3 is 23.8 Å². The molecule has 1 aromatic heterocycles. The van der Waals surface area contributed by atoms with Crippen LogP contribution in [0.1, 0.15) is 22.4 Å². The number of hydrogen-bond acceptors (Lipinski definition) is 9. The van der Waals surface area contributed by atoms with E-state index in [-0.39, 0.29) is 37.2 Å². The van der Waals surface area contributed by atoms with Gasteiger partial charge in [0.25, 0.3) is 11.8 Å². The summed E-state index contributed by atoms with van der Waals surface area (Å²) in [6, 6.07) is 10.7. The van der Waals surface area contributed by atoms with Crippen molar-refractivity contribution in [3.8, 4) is 17.7 Å². The number of aryl methyl sites for hydroxylation is 1. The first-order valence-corrected chi connectivity index (χ1v) is 10.9. The molecule has 3 rings (SSSR count). The molecule has 0 aliphatic carbocycles. The van der Waals surface area contributed by atoms with Gasteiger partial charge in [-0.05, 0) is 42.8 Å². The molecule has 1 aliphatic rings. The van der Waals surface area contributed by atoms with Crippen LogP contribution in [0.25, 0.3) is 0 Å². The van der Waals surface area contributed by atoms with Crippen molar-refractivity contribution >= 4 is 18.0 Å². The number of nitriles is 1. The second-order valence-corrected chi connectivity index (χ2v) is 7.58. The Morgan fingerprint density at radius 2 is 1.97 bits per heavy atom. The van der Waals surface area contributed by atoms with Crippen molar-refractivity contribution in [3.63, 3.8) is 0 Å². The maximum atomic E-state index is 12.1. The Kier molecular flexibility index (Phi) is 9.53. The average molecular weight is 482 g/mol. The van der Waals surface area contributed by atoms with Gasteiger partial charge in [-0.2, -0.15) is 10.4 Å². The Morgan fingerprint density at radius 3 is 2.66 bits per heavy atom. The third kappa shape index (κ3) is 7.77. The third-order valence-corrected chi connectivity index (χ3v) is 4.96. The standard InChI is InChI=1S/C24H27N5O6/c1-17-11-19(14-32-2)21(12-25)24(27-17)35-15-22(30)28-26-13-18-3-5-20(6-4-18)34-16-23(31)29-7-9-33-10-8-29/h3-6,11,13H,7-10,14-16H2,1-2H3,(H,28,30)/b26-13+. The van der Waals surface area contributed by atoms with E-state index in [4.69, 9.17) is 18.9 Å². The molecule has 2 aromatic rings. The van der Waals surface area contributed by atoms with Crippen LogP contribution in [0, 0.1) is 18.3 Å². The van der Waals surface area contributed by atoms with Crippen LogP contribution in [0.5, 0.6) is 11.6 Å². The molecule has 35 heavy (non-hydrogen) atoms. The molecule has 11 heteroatoms. The number of amides is 2. The first-order chi connectivity index (χ1) is 17.0. The maximum Gasteiger partial charge on any atom is 0.278 e. The summed E-state index contributed by atoms with van der Waals surface area (Å²) in [6.45, 7) is 3.82. The van der Waals surface area contributed by atoms with Crippen molar-refractivity contribution in [2.75, 3.05) is 46.6 Å². The fraction of sp³-hybridized carbons (Fsp3) is 0.375. The fourth-order valence-corrected chi connectivity index (χ4v) is 3.25. The zero-order valence-corrected chi connectivity index (χ0v) is 19.7. The second-order valence-electron chi connectivity index (χ2n) is 7.58. The molecule has 2 heterocycles. The molecule has 0 saturated carbocycles. The van der Waals surface area contributed by atoms with Crippen molar-refractivity contribution in [1.82, 2.24) is 15.3 Å². The Labute approximate surface area is 203 Å². The maximum absolute atomic E-state index is 12.1. The minimum Gasteiger partial charge on any atom is -0.484 e. The van der Waals surface area contributed by atoms with E-state index in [0.29, 0.717) is 43.3 Å². The van der Waals surface area contributed by atoms with Gasteiger partial charge in [0.2, 0.25) is 5.88 Å². The summed E-state index contributed by atoms with van der Waals surface area (Å²) in [7, 11) is 1.52. The lowest BCUT2D eigenvalue weighted by atomic mass is 10.1. The number of methoxy groups -OCH3 is 1. The molecule has 1 aromatic carbocycles. The van der Waals surface area contributed by atoms with Gasteiger partial charge in [-0.1, -0.05) is 0 Å². The average Bonchev–Trinajstić information content (AvgIpc) is 2.87. The molecule has 11 nitrogen and oxygen atoms in total. The summed E-state index contributed by atoms with van der Waals surface area (Å²) in [4.78, 5) is 30.1. The lowest BCUT2D eigenvalue weighted by molar-refractivity contribution is -0.137. The molecule has 0 bridgehead atoms. The van der Waals surface area contributed by atoms with Crippen LogP contribution >= 0.6 is 0 Å². The van der Waals surface area contributed by atoms with Crippen LogP contribution in [-0.2, 0) is 25.7 Å². The van der Waals surface area contributed by atoms with E-state index in [0.717, 1.165) is 5.56 Å². The summed E-state index contributed by atoms with van der Waals surface area (Å²) in [5.74, 6) is 0.0271. The van der Waals surface area contributed by atoms with Gasteiger partial charge in [-0.3, -0.25) is 9.59 Å². The molecule has 1 N–H and O–H groups in total. The summed E-state index contributed by atoms with van der Waals surface area (Å²) < 4.78 is 21.3. The van der Waals surface area contributed by atoms with Gasteiger partial charge in [0.15, 0.2) is 13.2 Å². The predicted octanol–water partition coefficient (Wildman–Crippen LogP) is 1.17. The first kappa shape index (κ1) is 25.6. The molecule has 1 aliphatic heterocycles. The predicted molar refractivity (Wildman–Crippen MR) is 125 cm³/mol. The lowest BCUT2D eigenvalue weighted by Gasteiger charge is -2.26. The highest BCUT2D eigenvalue weighted by molar-refractivity contribution is 5.83. The number of pyridine rings is 1. The van der Waals surface area contributed by atoms with Gasteiger partial charge in [-0.15, -0.1) is 0 Å². The topological polar surface area (TPSA) is 135 Å². The highest BCUT2D eigenvalue weighted by Crippen LogP contribution is 2.21. The fourth-order valence-electron chi connectivity index (χ4n) is 3.25. The van der Waals surface area contributed by atoms with Crippen molar-refractivity contribution in [2.45, 2.75) is 13.5 Å². The molecule has 0 atom stereocenters. The molecular formula is C24H27N5O6. The van der Waals surface area contributed by atoms with E-state index in [1.165, 1.54) is 13.3 Å². The summed E-state index contributed by atoms with van der Waals surface area (Å²) in [6.07, 6.45) is 1.46. The van der Waals surface area contributed by atoms with Gasteiger partial charge >= 0.3 is 0 Å². The number of rotatable bonds is 10. The number of carbonyl (C=O) groups is 2. The van der Waals surface area contributed by atoms with Gasteiger partial charge in [-0.25, -0.2) is 10.4 Å². The number of benzene rings is 1. The normalized spacial score (nSPS) is 13.3. The quantitative estimate of drug-likeness (QED) is 0.395. The van der Waals surface area contributed by atoms with Crippen LogP contribution < -0.4 is 14.9 Å². The monoisotopic (exact) mass is 481 g/mol. The Hall–Kier alpha value is -4.01. The number of ether oxygens (including phenoxy) is 4. The largest absolute Gasteiger partial charge is 0.484 e. The number of nitrogens with zero attached hydrogens (tertiary/aromatic N) is 4. The number of aromatic nitrogens is 1. The zero-order valence-electron chi connectivity index (χ0n) is 19.7. The van der Waals surface area contributed by atoms with E-state index in [2.05, 4.69) is 15.5 Å². The summed E-state index contributed by atoms with van der Waals surface area (Å²) >= 11 is 0. The van der Waals surface area contributed by atoms with Crippen LogP contribution in [0.3, 0.4) is 0 Å². The highest BCUT2D eigenvalue weighted by Gasteiger charge is 2.17. The Balaban J connectivity index is 1.45. The molecule has 184 valence electrons. The minimum atomic E-state index is -0.511. The van der Waals surface area contributed by atoms with Crippen molar-refractivity contribution in [3.05, 3.63) is 52.7 Å². The van der Waals surface area contributed by atoms with Crippen LogP contribution in [0.2, 0.25) is 0 Å². The highest BCUT2D eigenvalue weighted by atomic mass is 16.5. The number of morpholine rings is 1. The minimum absolute atomic E-state index is 0.0419. The number of carbonyl (C=O) groups excluding carboxylic acids is 2. The molecule has 0 radical (unpaired) electrons. The Morgan fingerprint density at radius 1 is 1.23 bits per heavy atom. The van der Waals surface area contributed by atoms with E-state index in [1.807, 2.05) is 6.07 Å². The SMILES string of the molecule is COCc1cc(C)nc(OCC(=O)N/N=C/c2ccc(OCC(=O)N3CCOCC3)cc2)c1C#N. The molecule has 0 unspecified atom stereocenters. The molecular weight excluding hydrogens is 454 g/mol. The van der Waals surface area contributed by atoms with Crippen molar-refractivity contribution in [1.29, 1.82) is 5.26 Å². The number of nitrogens with one attached hydrogen (secondary N) is 1. The molecule has 0 spiro atoms. The molecule has 2 amide bonds. The zero-order chi connectivity index (χ0) is 25.0. The second kappa shape index (κ2) is 13.0. The molecule has 1 fully saturated rings. The van der Waals surface area contributed by atoms with E-state index in [9.17, 15) is 14.9 Å².